The molecule has 0 aliphatic carbocycles. The summed E-state index contributed by atoms with van der Waals surface area (Å²) >= 11 is 0. The molecule has 0 bridgehead atoms. The van der Waals surface area contributed by atoms with Crippen molar-refractivity contribution >= 4 is 5.91 Å². The molecule has 2 heterocycles. The summed E-state index contributed by atoms with van der Waals surface area (Å²) in [6.45, 7) is 6.47. The van der Waals surface area contributed by atoms with E-state index in [-0.39, 0.29) is 18.8 Å². The van der Waals surface area contributed by atoms with Gasteiger partial charge >= 0.3 is 0 Å². The fourth-order valence-corrected chi connectivity index (χ4v) is 3.12. The fourth-order valence-electron chi connectivity index (χ4n) is 3.12. The number of fused-ring (bicyclic) bond motifs is 1. The molecule has 2 aliphatic rings. The zero-order chi connectivity index (χ0) is 17.6. The maximum Gasteiger partial charge on any atom is 0.251 e. The van der Waals surface area contributed by atoms with Crippen molar-refractivity contribution in [1.82, 2.24) is 4.90 Å². The summed E-state index contributed by atoms with van der Waals surface area (Å²) in [5.41, 5.74) is 1.02. The maximum atomic E-state index is 12.7. The number of benzene rings is 1. The number of nitrogens with zero attached hydrogens (tertiary/aromatic N) is 1. The first-order valence-electron chi connectivity index (χ1n) is 9.08. The molecule has 2 atom stereocenters. The van der Waals surface area contributed by atoms with Gasteiger partial charge in [-0.2, -0.15) is 0 Å². The zero-order valence-electron chi connectivity index (χ0n) is 15.0. The van der Waals surface area contributed by atoms with Crippen molar-refractivity contribution in [1.29, 1.82) is 0 Å². The van der Waals surface area contributed by atoms with Crippen LogP contribution < -0.4 is 9.47 Å². The molecule has 6 nitrogen and oxygen atoms in total. The minimum atomic E-state index is -0.473. The molecule has 2 aliphatic heterocycles. The second kappa shape index (κ2) is 8.54. The van der Waals surface area contributed by atoms with Gasteiger partial charge in [0, 0.05) is 19.7 Å². The molecular formula is C19H27NO5. The molecular weight excluding hydrogens is 322 g/mol. The quantitative estimate of drug-likeness (QED) is 0.758. The Morgan fingerprint density at radius 2 is 2.16 bits per heavy atom. The van der Waals surface area contributed by atoms with Crippen LogP contribution >= 0.6 is 0 Å². The van der Waals surface area contributed by atoms with Crippen molar-refractivity contribution in [3.63, 3.8) is 0 Å². The van der Waals surface area contributed by atoms with Crippen LogP contribution in [-0.2, 0) is 20.8 Å². The normalized spacial score (nSPS) is 20.3. The Kier molecular flexibility index (Phi) is 6.15. The van der Waals surface area contributed by atoms with E-state index >= 15 is 0 Å². The van der Waals surface area contributed by atoms with Crippen molar-refractivity contribution < 1.29 is 23.7 Å². The third-order valence-electron chi connectivity index (χ3n) is 4.66. The van der Waals surface area contributed by atoms with Crippen LogP contribution in [0, 0.1) is 0 Å². The highest BCUT2D eigenvalue weighted by molar-refractivity contribution is 5.80. The van der Waals surface area contributed by atoms with Gasteiger partial charge in [-0.1, -0.05) is 6.07 Å². The summed E-state index contributed by atoms with van der Waals surface area (Å²) in [7, 11) is 0. The lowest BCUT2D eigenvalue weighted by atomic mass is 10.1. The molecule has 0 spiro atoms. The summed E-state index contributed by atoms with van der Waals surface area (Å²) in [5.74, 6) is 1.48. The van der Waals surface area contributed by atoms with Gasteiger partial charge in [-0.25, -0.2) is 0 Å². The smallest absolute Gasteiger partial charge is 0.251 e. The van der Waals surface area contributed by atoms with Crippen LogP contribution in [-0.4, -0.2) is 49.6 Å². The van der Waals surface area contributed by atoms with Crippen LogP contribution in [0.2, 0.25) is 0 Å². The Morgan fingerprint density at radius 3 is 2.92 bits per heavy atom. The number of ether oxygens (including phenoxy) is 4. The number of carbonyl (C=O) groups excluding carboxylic acids is 1. The highest BCUT2D eigenvalue weighted by atomic mass is 16.7. The molecule has 6 heteroatoms. The Hall–Kier alpha value is -1.79. The number of hydrogen-bond acceptors (Lipinski definition) is 5. The van der Waals surface area contributed by atoms with E-state index in [0.717, 1.165) is 36.5 Å². The largest absolute Gasteiger partial charge is 0.454 e. The molecule has 3 rings (SSSR count). The van der Waals surface area contributed by atoms with Gasteiger partial charge in [-0.15, -0.1) is 0 Å². The molecule has 0 N–H and O–H groups in total. The maximum absolute atomic E-state index is 12.7. The standard InChI is InChI=1S/C19H27NO5/c1-3-20(11-15-7-8-17-18(10-15)25-13-24-17)19(21)14(2)23-12-16-6-4-5-9-22-16/h7-8,10,14,16H,3-6,9,11-13H2,1-2H3/t14-,16+/m1/s1. The topological polar surface area (TPSA) is 57.2 Å². The Labute approximate surface area is 149 Å². The summed E-state index contributed by atoms with van der Waals surface area (Å²) in [6, 6.07) is 5.78. The van der Waals surface area contributed by atoms with Gasteiger partial charge in [0.05, 0.1) is 12.7 Å². The zero-order valence-corrected chi connectivity index (χ0v) is 15.0. The molecule has 1 aromatic rings. The van der Waals surface area contributed by atoms with E-state index in [1.807, 2.05) is 32.0 Å². The van der Waals surface area contributed by atoms with Crippen LogP contribution in [0.5, 0.6) is 11.5 Å². The SMILES string of the molecule is CCN(Cc1ccc2c(c1)OCO2)C(=O)[C@@H](C)OC[C@@H]1CCCCO1. The van der Waals surface area contributed by atoms with Gasteiger partial charge in [0.15, 0.2) is 11.5 Å². The third kappa shape index (κ3) is 4.64. The average molecular weight is 349 g/mol. The van der Waals surface area contributed by atoms with E-state index in [1.165, 1.54) is 6.42 Å². The van der Waals surface area contributed by atoms with E-state index in [0.29, 0.717) is 19.7 Å². The van der Waals surface area contributed by atoms with E-state index in [1.54, 1.807) is 4.90 Å². The summed E-state index contributed by atoms with van der Waals surface area (Å²) in [5, 5.41) is 0. The highest BCUT2D eigenvalue weighted by Gasteiger charge is 2.23. The first-order chi connectivity index (χ1) is 12.2. The molecule has 0 saturated carbocycles. The molecule has 1 saturated heterocycles. The first-order valence-corrected chi connectivity index (χ1v) is 9.08. The van der Waals surface area contributed by atoms with Gasteiger partial charge in [0.2, 0.25) is 6.79 Å². The van der Waals surface area contributed by atoms with Crippen molar-refractivity contribution in [2.24, 2.45) is 0 Å². The van der Waals surface area contributed by atoms with E-state index in [2.05, 4.69) is 0 Å². The van der Waals surface area contributed by atoms with E-state index in [4.69, 9.17) is 18.9 Å². The second-order valence-corrected chi connectivity index (χ2v) is 6.50. The van der Waals surface area contributed by atoms with Crippen molar-refractivity contribution in [3.8, 4) is 11.5 Å². The minimum Gasteiger partial charge on any atom is -0.454 e. The van der Waals surface area contributed by atoms with Crippen molar-refractivity contribution in [3.05, 3.63) is 23.8 Å². The predicted molar refractivity (Wildman–Crippen MR) is 92.7 cm³/mol. The summed E-state index contributed by atoms with van der Waals surface area (Å²) in [6.07, 6.45) is 2.94. The predicted octanol–water partition coefficient (Wildman–Crippen LogP) is 2.74. The summed E-state index contributed by atoms with van der Waals surface area (Å²) in [4.78, 5) is 14.5. The fraction of sp³-hybridized carbons (Fsp3) is 0.632. The van der Waals surface area contributed by atoms with Gasteiger partial charge in [0.25, 0.3) is 5.91 Å². The molecule has 25 heavy (non-hydrogen) atoms. The third-order valence-corrected chi connectivity index (χ3v) is 4.66. The Bertz CT molecular complexity index is 585. The van der Waals surface area contributed by atoms with E-state index in [9.17, 15) is 4.79 Å². The lowest BCUT2D eigenvalue weighted by molar-refractivity contribution is -0.146. The molecule has 0 aromatic heterocycles. The number of likely N-dealkylation sites (N-methyl/N-ethyl adjacent to an activating group) is 1. The van der Waals surface area contributed by atoms with Crippen LogP contribution in [0.15, 0.2) is 18.2 Å². The van der Waals surface area contributed by atoms with Crippen LogP contribution in [0.3, 0.4) is 0 Å². The van der Waals surface area contributed by atoms with Crippen molar-refractivity contribution in [2.75, 3.05) is 26.6 Å². The van der Waals surface area contributed by atoms with Gasteiger partial charge < -0.3 is 23.8 Å². The molecule has 1 aromatic carbocycles. The Morgan fingerprint density at radius 1 is 1.32 bits per heavy atom. The first kappa shape index (κ1) is 18.0. The average Bonchev–Trinajstić information content (AvgIpc) is 3.12. The molecule has 138 valence electrons. The van der Waals surface area contributed by atoms with Crippen LogP contribution in [0.25, 0.3) is 0 Å². The van der Waals surface area contributed by atoms with Crippen LogP contribution in [0.1, 0.15) is 38.7 Å². The second-order valence-electron chi connectivity index (χ2n) is 6.50. The van der Waals surface area contributed by atoms with Crippen molar-refractivity contribution in [2.45, 2.75) is 51.9 Å². The lowest BCUT2D eigenvalue weighted by Gasteiger charge is -2.27. The minimum absolute atomic E-state index is 0.00373. The monoisotopic (exact) mass is 349 g/mol. The van der Waals surface area contributed by atoms with Crippen LogP contribution in [0.4, 0.5) is 0 Å². The lowest BCUT2D eigenvalue weighted by Crippen LogP contribution is -2.40. The molecule has 1 fully saturated rings. The Balaban J connectivity index is 1.53. The molecule has 0 radical (unpaired) electrons. The van der Waals surface area contributed by atoms with Gasteiger partial charge in [-0.3, -0.25) is 4.79 Å². The molecule has 1 amide bonds. The highest BCUT2D eigenvalue weighted by Crippen LogP contribution is 2.32. The number of hydrogen-bond donors (Lipinski definition) is 0. The number of amides is 1. The van der Waals surface area contributed by atoms with Gasteiger partial charge in [-0.05, 0) is 50.8 Å². The number of carbonyl (C=O) groups is 1. The van der Waals surface area contributed by atoms with E-state index < -0.39 is 6.10 Å². The molecule has 0 unspecified atom stereocenters. The van der Waals surface area contributed by atoms with Gasteiger partial charge in [0.1, 0.15) is 6.10 Å². The number of rotatable bonds is 7. The summed E-state index contributed by atoms with van der Waals surface area (Å²) < 4.78 is 22.2.